The van der Waals surface area contributed by atoms with Gasteiger partial charge < -0.3 is 43.7 Å². The van der Waals surface area contributed by atoms with Crippen molar-refractivity contribution in [3.63, 3.8) is 0 Å². The van der Waals surface area contributed by atoms with Crippen molar-refractivity contribution < 1.29 is 43.7 Å². The quantitative estimate of drug-likeness (QED) is 0.417. The fourth-order valence-electron chi connectivity index (χ4n) is 5.62. The van der Waals surface area contributed by atoms with Gasteiger partial charge in [-0.3, -0.25) is 0 Å². The van der Waals surface area contributed by atoms with E-state index in [1.807, 2.05) is 30.3 Å². The van der Waals surface area contributed by atoms with E-state index in [9.17, 15) is 15.3 Å². The summed E-state index contributed by atoms with van der Waals surface area (Å²) in [6, 6.07) is 9.61. The molecular weight excluding hydrogens is 604 g/mol. The van der Waals surface area contributed by atoms with Crippen LogP contribution in [0, 0.1) is 0 Å². The molecule has 2 heterocycles. The van der Waals surface area contributed by atoms with Crippen molar-refractivity contribution in [1.82, 2.24) is 0 Å². The van der Waals surface area contributed by atoms with Crippen LogP contribution < -0.4 is 0 Å². The van der Waals surface area contributed by atoms with Gasteiger partial charge in [0.05, 0.1) is 28.5 Å². The molecule has 2 aliphatic carbocycles. The molecule has 9 nitrogen and oxygen atoms in total. The van der Waals surface area contributed by atoms with Crippen molar-refractivity contribution in [2.45, 2.75) is 117 Å². The maximum Gasteiger partial charge on any atom is 0.163 e. The van der Waals surface area contributed by atoms with Gasteiger partial charge >= 0.3 is 0 Å². The molecule has 11 heteroatoms. The van der Waals surface area contributed by atoms with E-state index in [1.54, 1.807) is 27.7 Å². The molecule has 4 fully saturated rings. The minimum absolute atomic E-state index is 0.233. The fourth-order valence-corrected chi connectivity index (χ4v) is 7.04. The van der Waals surface area contributed by atoms with E-state index in [-0.39, 0.29) is 6.61 Å². The lowest BCUT2D eigenvalue weighted by Crippen LogP contribution is -2.67. The van der Waals surface area contributed by atoms with E-state index in [2.05, 4.69) is 31.9 Å². The number of benzene rings is 1. The molecule has 0 amide bonds. The van der Waals surface area contributed by atoms with E-state index < -0.39 is 82.3 Å². The zero-order valence-electron chi connectivity index (χ0n) is 20.6. The van der Waals surface area contributed by atoms with Crippen LogP contribution >= 0.6 is 31.9 Å². The second-order valence-electron chi connectivity index (χ2n) is 10.8. The summed E-state index contributed by atoms with van der Waals surface area (Å²) in [5.41, 5.74) is 0.931. The molecule has 1 aromatic carbocycles. The summed E-state index contributed by atoms with van der Waals surface area (Å²) in [5.74, 6) is -1.84. The molecule has 1 aromatic rings. The second kappa shape index (κ2) is 10.1. The van der Waals surface area contributed by atoms with Gasteiger partial charge in [-0.05, 0) is 33.3 Å². The molecule has 12 atom stereocenters. The Hall–Kier alpha value is -0.180. The van der Waals surface area contributed by atoms with Crippen LogP contribution in [0.4, 0.5) is 0 Å². The molecule has 4 aliphatic rings. The van der Waals surface area contributed by atoms with Crippen molar-refractivity contribution in [2.75, 3.05) is 0 Å². The largest absolute Gasteiger partial charge is 0.389 e. The Balaban J connectivity index is 1.43. The number of fused-ring (bicyclic) bond motifs is 2. The Bertz CT molecular complexity index is 918. The first kappa shape index (κ1) is 27.4. The average molecular weight is 638 g/mol. The molecule has 2 saturated carbocycles. The van der Waals surface area contributed by atoms with Crippen molar-refractivity contribution in [1.29, 1.82) is 0 Å². The van der Waals surface area contributed by atoms with Crippen LogP contribution in [0.25, 0.3) is 0 Å². The van der Waals surface area contributed by atoms with Crippen molar-refractivity contribution in [3.8, 4) is 0 Å². The minimum Gasteiger partial charge on any atom is -0.389 e. The zero-order chi connectivity index (χ0) is 26.0. The number of aliphatic hydroxyl groups excluding tert-OH is 3. The number of hydrogen-bond acceptors (Lipinski definition) is 9. The number of alkyl halides is 2. The predicted molar refractivity (Wildman–Crippen MR) is 135 cm³/mol. The third-order valence-corrected chi connectivity index (χ3v) is 9.33. The van der Waals surface area contributed by atoms with Gasteiger partial charge in [-0.2, -0.15) is 0 Å². The van der Waals surface area contributed by atoms with Gasteiger partial charge in [0, 0.05) is 0 Å². The van der Waals surface area contributed by atoms with Crippen molar-refractivity contribution >= 4 is 31.9 Å². The minimum atomic E-state index is -1.19. The first-order valence-corrected chi connectivity index (χ1v) is 14.1. The topological polar surface area (TPSA) is 116 Å². The van der Waals surface area contributed by atoms with Gasteiger partial charge in [-0.15, -0.1) is 0 Å². The van der Waals surface area contributed by atoms with Crippen LogP contribution in [0.1, 0.15) is 33.3 Å². The third kappa shape index (κ3) is 5.06. The van der Waals surface area contributed by atoms with Crippen molar-refractivity contribution in [3.05, 3.63) is 35.9 Å². The Labute approximate surface area is 227 Å². The van der Waals surface area contributed by atoms with Gasteiger partial charge in [-0.25, -0.2) is 0 Å². The Morgan fingerprint density at radius 1 is 0.694 bits per heavy atom. The van der Waals surface area contributed by atoms with Gasteiger partial charge in [0.1, 0.15) is 48.8 Å². The van der Waals surface area contributed by atoms with Gasteiger partial charge in [-0.1, -0.05) is 62.2 Å². The van der Waals surface area contributed by atoms with Crippen LogP contribution in [0.2, 0.25) is 0 Å². The van der Waals surface area contributed by atoms with Gasteiger partial charge in [0.15, 0.2) is 11.6 Å². The fraction of sp³-hybridized carbons (Fsp3) is 0.760. The lowest BCUT2D eigenvalue weighted by Gasteiger charge is -2.48. The third-order valence-electron chi connectivity index (χ3n) is 7.20. The molecule has 36 heavy (non-hydrogen) atoms. The summed E-state index contributed by atoms with van der Waals surface area (Å²) < 4.78 is 36.9. The maximum absolute atomic E-state index is 11.3. The standard InChI is InChI=1S/C25H34Br2O9/c1-24(2)33-17-12(26)14(28)19(16(30)21(17)35-24)32-22-20(31-10-11-8-6-5-7-9-11)15(29)13(27)18-23(22)36-25(3,4)34-18/h5-9,12-23,28-30H,10H2,1-4H3/t12?,13?,14-,15-,16?,17+,18+,19-,20-,21-,22?,23+/m0/s1. The van der Waals surface area contributed by atoms with E-state index in [4.69, 9.17) is 28.4 Å². The van der Waals surface area contributed by atoms with Crippen molar-refractivity contribution in [2.24, 2.45) is 0 Å². The van der Waals surface area contributed by atoms with E-state index in [0.29, 0.717) is 0 Å². The highest BCUT2D eigenvalue weighted by atomic mass is 79.9. The molecule has 3 N–H and O–H groups in total. The average Bonchev–Trinajstić information content (AvgIpc) is 3.33. The molecule has 5 rings (SSSR count). The monoisotopic (exact) mass is 636 g/mol. The Morgan fingerprint density at radius 3 is 1.81 bits per heavy atom. The number of hydrogen-bond donors (Lipinski definition) is 3. The lowest BCUT2D eigenvalue weighted by molar-refractivity contribution is -0.249. The van der Waals surface area contributed by atoms with E-state index in [0.717, 1.165) is 5.56 Å². The summed E-state index contributed by atoms with van der Waals surface area (Å²) in [6.45, 7) is 7.35. The molecule has 0 spiro atoms. The summed E-state index contributed by atoms with van der Waals surface area (Å²) >= 11 is 7.11. The summed E-state index contributed by atoms with van der Waals surface area (Å²) in [7, 11) is 0. The molecule has 2 aliphatic heterocycles. The number of rotatable bonds is 5. The molecule has 2 saturated heterocycles. The number of halogens is 2. The maximum atomic E-state index is 11.3. The molecular formula is C25H34Br2O9. The summed E-state index contributed by atoms with van der Waals surface area (Å²) in [5, 5.41) is 33.7. The molecule has 0 bridgehead atoms. The Kier molecular flexibility index (Phi) is 7.68. The number of aliphatic hydroxyl groups is 3. The normalized spacial score (nSPS) is 47.4. The molecule has 0 radical (unpaired) electrons. The van der Waals surface area contributed by atoms with E-state index >= 15 is 0 Å². The lowest BCUT2D eigenvalue weighted by atomic mass is 9.84. The van der Waals surface area contributed by atoms with Gasteiger partial charge in [0.2, 0.25) is 0 Å². The van der Waals surface area contributed by atoms with E-state index in [1.165, 1.54) is 0 Å². The summed E-state index contributed by atoms with van der Waals surface area (Å²) in [4.78, 5) is -1.03. The predicted octanol–water partition coefficient (Wildman–Crippen LogP) is 2.00. The SMILES string of the molecule is CC1(C)O[C@@H]2C(Br)[C@H](O)[C@H](OC3[C@@H](OCc4ccccc4)[C@@H](O)C(Br)[C@H]4OC(C)(C)O[C@@H]34)C(O)[C@@H]2O1. The van der Waals surface area contributed by atoms with Crippen LogP contribution in [-0.4, -0.2) is 97.6 Å². The molecule has 0 aromatic heterocycles. The first-order valence-electron chi connectivity index (χ1n) is 12.2. The smallest absolute Gasteiger partial charge is 0.163 e. The highest BCUT2D eigenvalue weighted by Crippen LogP contribution is 2.45. The molecule has 202 valence electrons. The highest BCUT2D eigenvalue weighted by Gasteiger charge is 2.62. The number of ether oxygens (including phenoxy) is 6. The summed E-state index contributed by atoms with van der Waals surface area (Å²) in [6.07, 6.45) is -8.52. The highest BCUT2D eigenvalue weighted by molar-refractivity contribution is 9.09. The Morgan fingerprint density at radius 2 is 1.19 bits per heavy atom. The second-order valence-corrected chi connectivity index (χ2v) is 12.9. The van der Waals surface area contributed by atoms with Crippen LogP contribution in [-0.2, 0) is 35.0 Å². The zero-order valence-corrected chi connectivity index (χ0v) is 23.7. The first-order chi connectivity index (χ1) is 16.9. The van der Waals surface area contributed by atoms with Crippen LogP contribution in [0.3, 0.4) is 0 Å². The van der Waals surface area contributed by atoms with Gasteiger partial charge in [0.25, 0.3) is 0 Å². The van der Waals surface area contributed by atoms with Crippen LogP contribution in [0.5, 0.6) is 0 Å². The van der Waals surface area contributed by atoms with Crippen LogP contribution in [0.15, 0.2) is 30.3 Å². The molecule has 4 unspecified atom stereocenters.